The van der Waals surface area contributed by atoms with Gasteiger partial charge in [0.05, 0.1) is 31.4 Å². The quantitative estimate of drug-likeness (QED) is 0.779. The van der Waals surface area contributed by atoms with Gasteiger partial charge in [-0.3, -0.25) is 4.79 Å². The van der Waals surface area contributed by atoms with Crippen molar-refractivity contribution in [1.29, 1.82) is 0 Å². The van der Waals surface area contributed by atoms with Gasteiger partial charge in [-0.25, -0.2) is 4.98 Å². The Morgan fingerprint density at radius 3 is 2.83 bits per heavy atom. The summed E-state index contributed by atoms with van der Waals surface area (Å²) in [5.41, 5.74) is 0.815. The summed E-state index contributed by atoms with van der Waals surface area (Å²) in [6, 6.07) is 0.487. The van der Waals surface area contributed by atoms with Gasteiger partial charge in [0.1, 0.15) is 0 Å². The fraction of sp³-hybridized carbons (Fsp3) is 0.667. The summed E-state index contributed by atoms with van der Waals surface area (Å²) in [5, 5.41) is -0.633. The third-order valence-corrected chi connectivity index (χ3v) is 3.85. The number of halogens is 1. The lowest BCUT2D eigenvalue weighted by atomic mass is 10.2. The van der Waals surface area contributed by atoms with Crippen molar-refractivity contribution in [2.75, 3.05) is 26.3 Å². The van der Waals surface area contributed by atoms with E-state index in [0.29, 0.717) is 32.3 Å². The van der Waals surface area contributed by atoms with Crippen LogP contribution in [-0.4, -0.2) is 46.7 Å². The van der Waals surface area contributed by atoms with Crippen molar-refractivity contribution in [2.45, 2.75) is 24.3 Å². The van der Waals surface area contributed by atoms with Gasteiger partial charge in [0.15, 0.2) is 5.38 Å². The van der Waals surface area contributed by atoms with Crippen LogP contribution in [0, 0.1) is 0 Å². The van der Waals surface area contributed by atoms with E-state index < -0.39 is 5.38 Å². The van der Waals surface area contributed by atoms with Gasteiger partial charge >= 0.3 is 0 Å². The molecule has 5 nitrogen and oxygen atoms in total. The zero-order chi connectivity index (χ0) is 12.5. The van der Waals surface area contributed by atoms with E-state index in [9.17, 15) is 4.79 Å². The fourth-order valence-corrected chi connectivity index (χ4v) is 2.55. The topological polar surface area (TPSA) is 47.4 Å². The predicted molar refractivity (Wildman–Crippen MR) is 66.5 cm³/mol. The lowest BCUT2D eigenvalue weighted by Gasteiger charge is -2.28. The lowest BCUT2D eigenvalue weighted by Crippen LogP contribution is -2.42. The summed E-state index contributed by atoms with van der Waals surface area (Å²) in [5.74, 6) is -0.0395. The number of ether oxygens (including phenoxy) is 1. The first-order valence-corrected chi connectivity index (χ1v) is 6.73. The van der Waals surface area contributed by atoms with Crippen molar-refractivity contribution in [1.82, 2.24) is 14.5 Å². The summed E-state index contributed by atoms with van der Waals surface area (Å²) in [4.78, 5) is 18.2. The molecular formula is C12H16ClN3O2. The lowest BCUT2D eigenvalue weighted by molar-refractivity contribution is -0.135. The Kier molecular flexibility index (Phi) is 3.26. The van der Waals surface area contributed by atoms with Crippen molar-refractivity contribution in [2.24, 2.45) is 0 Å². The minimum Gasteiger partial charge on any atom is -0.378 e. The minimum absolute atomic E-state index is 0.0395. The van der Waals surface area contributed by atoms with E-state index in [1.807, 2.05) is 4.57 Å². The van der Waals surface area contributed by atoms with Crippen LogP contribution in [0.5, 0.6) is 0 Å². The molecule has 0 radical (unpaired) electrons. The van der Waals surface area contributed by atoms with Gasteiger partial charge < -0.3 is 14.2 Å². The highest BCUT2D eigenvalue weighted by molar-refractivity contribution is 6.30. The van der Waals surface area contributed by atoms with E-state index in [4.69, 9.17) is 16.3 Å². The van der Waals surface area contributed by atoms with Crippen LogP contribution < -0.4 is 0 Å². The molecule has 1 saturated carbocycles. The molecule has 18 heavy (non-hydrogen) atoms. The molecule has 1 aliphatic heterocycles. The van der Waals surface area contributed by atoms with Gasteiger partial charge in [-0.1, -0.05) is 0 Å². The molecule has 1 aromatic rings. The summed E-state index contributed by atoms with van der Waals surface area (Å²) < 4.78 is 7.28. The smallest absolute Gasteiger partial charge is 0.246 e. The normalized spacial score (nSPS) is 21.9. The first-order chi connectivity index (χ1) is 8.77. The van der Waals surface area contributed by atoms with Crippen LogP contribution in [0.3, 0.4) is 0 Å². The van der Waals surface area contributed by atoms with Crippen LogP contribution in [0.25, 0.3) is 0 Å². The van der Waals surface area contributed by atoms with E-state index in [0.717, 1.165) is 18.5 Å². The molecule has 0 bridgehead atoms. The number of rotatable bonds is 3. The Hall–Kier alpha value is -1.07. The highest BCUT2D eigenvalue weighted by atomic mass is 35.5. The van der Waals surface area contributed by atoms with Gasteiger partial charge in [0.2, 0.25) is 5.91 Å². The number of nitrogens with zero attached hydrogens (tertiary/aromatic N) is 3. The molecule has 2 fully saturated rings. The Morgan fingerprint density at radius 2 is 2.17 bits per heavy atom. The van der Waals surface area contributed by atoms with Crippen molar-refractivity contribution in [3.05, 3.63) is 18.2 Å². The van der Waals surface area contributed by atoms with Gasteiger partial charge in [-0.2, -0.15) is 0 Å². The zero-order valence-corrected chi connectivity index (χ0v) is 10.8. The maximum absolute atomic E-state index is 12.3. The first kappa shape index (κ1) is 12.0. The van der Waals surface area contributed by atoms with Crippen LogP contribution in [0.15, 0.2) is 12.5 Å². The Bertz CT molecular complexity index is 438. The molecule has 2 heterocycles. The third-order valence-electron chi connectivity index (χ3n) is 3.44. The number of aromatic nitrogens is 2. The van der Waals surface area contributed by atoms with Crippen molar-refractivity contribution < 1.29 is 9.53 Å². The van der Waals surface area contributed by atoms with Gasteiger partial charge in [-0.15, -0.1) is 11.6 Å². The number of amides is 1. The van der Waals surface area contributed by atoms with Crippen LogP contribution in [-0.2, 0) is 9.53 Å². The highest BCUT2D eigenvalue weighted by Gasteiger charge is 2.32. The average molecular weight is 270 g/mol. The molecule has 2 aliphatic rings. The Labute approximate surface area is 111 Å². The monoisotopic (exact) mass is 269 g/mol. The van der Waals surface area contributed by atoms with Crippen molar-refractivity contribution in [3.63, 3.8) is 0 Å². The van der Waals surface area contributed by atoms with E-state index in [-0.39, 0.29) is 5.91 Å². The standard InChI is InChI=1S/C12H16ClN3O2/c13-11(12(17)15-3-5-18-6-4-15)10-7-14-8-16(10)9-1-2-9/h7-9,11H,1-6H2. The number of morpholine rings is 1. The molecule has 0 spiro atoms. The summed E-state index contributed by atoms with van der Waals surface area (Å²) in [6.45, 7) is 2.44. The SMILES string of the molecule is O=C(C(Cl)c1cncn1C1CC1)N1CCOCC1. The molecule has 6 heteroatoms. The molecule has 3 rings (SSSR count). The second kappa shape index (κ2) is 4.90. The van der Waals surface area contributed by atoms with Crippen LogP contribution in [0.2, 0.25) is 0 Å². The maximum atomic E-state index is 12.3. The number of hydrogen-bond acceptors (Lipinski definition) is 3. The maximum Gasteiger partial charge on any atom is 0.246 e. The molecule has 1 atom stereocenters. The van der Waals surface area contributed by atoms with Crippen LogP contribution in [0.1, 0.15) is 30.0 Å². The van der Waals surface area contributed by atoms with Gasteiger partial charge in [0.25, 0.3) is 0 Å². The summed E-state index contributed by atoms with van der Waals surface area (Å²) in [7, 11) is 0. The highest BCUT2D eigenvalue weighted by Crippen LogP contribution is 2.38. The van der Waals surface area contributed by atoms with Crippen molar-refractivity contribution >= 4 is 17.5 Å². The van der Waals surface area contributed by atoms with Crippen LogP contribution >= 0.6 is 11.6 Å². The van der Waals surface area contributed by atoms with E-state index in [1.165, 1.54) is 0 Å². The molecule has 1 aliphatic carbocycles. The summed E-state index contributed by atoms with van der Waals surface area (Å²) in [6.07, 6.45) is 5.78. The molecule has 1 amide bonds. The van der Waals surface area contributed by atoms with E-state index >= 15 is 0 Å². The number of carbonyl (C=O) groups is 1. The van der Waals surface area contributed by atoms with Crippen LogP contribution in [0.4, 0.5) is 0 Å². The fourth-order valence-electron chi connectivity index (χ4n) is 2.24. The Morgan fingerprint density at radius 1 is 1.44 bits per heavy atom. The van der Waals surface area contributed by atoms with Gasteiger partial charge in [-0.05, 0) is 12.8 Å². The third kappa shape index (κ3) is 2.24. The predicted octanol–water partition coefficient (Wildman–Crippen LogP) is 1.36. The molecule has 0 N–H and O–H groups in total. The number of imidazole rings is 1. The minimum atomic E-state index is -0.633. The first-order valence-electron chi connectivity index (χ1n) is 6.29. The second-order valence-corrected chi connectivity index (χ2v) is 5.19. The van der Waals surface area contributed by atoms with E-state index in [1.54, 1.807) is 17.4 Å². The zero-order valence-electron chi connectivity index (χ0n) is 10.1. The molecular weight excluding hydrogens is 254 g/mol. The number of hydrogen-bond donors (Lipinski definition) is 0. The molecule has 0 aromatic carbocycles. The largest absolute Gasteiger partial charge is 0.378 e. The Balaban J connectivity index is 1.74. The van der Waals surface area contributed by atoms with Gasteiger partial charge in [0, 0.05) is 19.1 Å². The van der Waals surface area contributed by atoms with E-state index in [2.05, 4.69) is 4.98 Å². The average Bonchev–Trinajstić information content (AvgIpc) is 3.15. The summed E-state index contributed by atoms with van der Waals surface area (Å²) >= 11 is 6.32. The molecule has 98 valence electrons. The molecule has 1 aromatic heterocycles. The molecule has 1 saturated heterocycles. The van der Waals surface area contributed by atoms with Crippen molar-refractivity contribution in [3.8, 4) is 0 Å². The number of carbonyl (C=O) groups excluding carboxylic acids is 1. The molecule has 1 unspecified atom stereocenters. The second-order valence-electron chi connectivity index (χ2n) is 4.76. The number of alkyl halides is 1.